The molecule has 0 unspecified atom stereocenters. The Morgan fingerprint density at radius 1 is 1.47 bits per heavy atom. The summed E-state index contributed by atoms with van der Waals surface area (Å²) >= 11 is 0. The first kappa shape index (κ1) is 12.1. The van der Waals surface area contributed by atoms with Crippen molar-refractivity contribution in [2.45, 2.75) is 12.5 Å². The second kappa shape index (κ2) is 4.62. The van der Waals surface area contributed by atoms with Crippen molar-refractivity contribution >= 4 is 16.8 Å². The molecule has 0 aliphatic carbocycles. The largest absolute Gasteiger partial charge is 0.347 e. The monoisotopic (exact) mass is 262 g/mol. The van der Waals surface area contributed by atoms with E-state index < -0.39 is 0 Å². The summed E-state index contributed by atoms with van der Waals surface area (Å²) < 4.78 is 13.6. The van der Waals surface area contributed by atoms with Crippen molar-refractivity contribution in [2.24, 2.45) is 0 Å². The fourth-order valence-corrected chi connectivity index (χ4v) is 2.50. The standard InChI is InChI=1S/C13H15FN4O/c1-17-7-6-9(8-17)15-13(19)12-10-4-2-3-5-11(10)18(14)16-12/h2-5,9H,6-8H2,1H3,(H,15,19)/t9-/m0/s1. The Morgan fingerprint density at radius 2 is 2.26 bits per heavy atom. The van der Waals surface area contributed by atoms with Gasteiger partial charge in [0.15, 0.2) is 5.69 Å². The summed E-state index contributed by atoms with van der Waals surface area (Å²) in [6.45, 7) is 1.78. The Balaban J connectivity index is 1.86. The molecule has 0 bridgehead atoms. The van der Waals surface area contributed by atoms with Crippen molar-refractivity contribution in [3.8, 4) is 0 Å². The van der Waals surface area contributed by atoms with Crippen LogP contribution in [0.1, 0.15) is 16.9 Å². The molecule has 3 rings (SSSR count). The number of rotatable bonds is 2. The van der Waals surface area contributed by atoms with Crippen LogP contribution in [0.4, 0.5) is 4.48 Å². The van der Waals surface area contributed by atoms with E-state index in [4.69, 9.17) is 0 Å². The lowest BCUT2D eigenvalue weighted by Crippen LogP contribution is -2.36. The van der Waals surface area contributed by atoms with Crippen LogP contribution in [0.3, 0.4) is 0 Å². The number of halogens is 1. The number of hydrogen-bond donors (Lipinski definition) is 1. The Labute approximate surface area is 109 Å². The summed E-state index contributed by atoms with van der Waals surface area (Å²) in [6, 6.07) is 6.90. The molecule has 5 nitrogen and oxygen atoms in total. The minimum Gasteiger partial charge on any atom is -0.347 e. The van der Waals surface area contributed by atoms with Crippen molar-refractivity contribution in [1.29, 1.82) is 0 Å². The van der Waals surface area contributed by atoms with E-state index in [-0.39, 0.29) is 22.5 Å². The van der Waals surface area contributed by atoms with Gasteiger partial charge < -0.3 is 10.2 Å². The average Bonchev–Trinajstić information content (AvgIpc) is 2.95. The number of aromatic nitrogens is 2. The molecule has 1 aliphatic rings. The number of fused-ring (bicyclic) bond motifs is 1. The third-order valence-corrected chi connectivity index (χ3v) is 3.49. The van der Waals surface area contributed by atoms with Crippen LogP contribution >= 0.6 is 0 Å². The van der Waals surface area contributed by atoms with Crippen molar-refractivity contribution in [3.63, 3.8) is 0 Å². The molecule has 1 saturated heterocycles. The Bertz CT molecular complexity index is 624. The lowest BCUT2D eigenvalue weighted by molar-refractivity contribution is 0.0931. The Hall–Kier alpha value is -1.95. The third-order valence-electron chi connectivity index (χ3n) is 3.49. The van der Waals surface area contributed by atoms with Gasteiger partial charge in [-0.3, -0.25) is 4.79 Å². The quantitative estimate of drug-likeness (QED) is 0.885. The van der Waals surface area contributed by atoms with Gasteiger partial charge in [-0.25, -0.2) is 0 Å². The molecule has 2 heterocycles. The highest BCUT2D eigenvalue weighted by Gasteiger charge is 2.24. The van der Waals surface area contributed by atoms with Crippen molar-refractivity contribution in [3.05, 3.63) is 30.0 Å². The van der Waals surface area contributed by atoms with Gasteiger partial charge in [-0.2, -0.15) is 0 Å². The van der Waals surface area contributed by atoms with Gasteiger partial charge in [-0.15, -0.1) is 5.10 Å². The minimum atomic E-state index is -0.312. The molecule has 0 saturated carbocycles. The van der Waals surface area contributed by atoms with E-state index >= 15 is 0 Å². The van der Waals surface area contributed by atoms with Crippen molar-refractivity contribution < 1.29 is 9.28 Å². The van der Waals surface area contributed by atoms with E-state index in [1.165, 1.54) is 0 Å². The number of carbonyl (C=O) groups is 1. The molecule has 6 heteroatoms. The highest BCUT2D eigenvalue weighted by atomic mass is 19.2. The van der Waals surface area contributed by atoms with E-state index in [0.717, 1.165) is 19.5 Å². The van der Waals surface area contributed by atoms with E-state index in [1.54, 1.807) is 24.3 Å². The first-order chi connectivity index (χ1) is 9.15. The lowest BCUT2D eigenvalue weighted by atomic mass is 10.2. The van der Waals surface area contributed by atoms with E-state index in [9.17, 15) is 9.28 Å². The van der Waals surface area contributed by atoms with Crippen molar-refractivity contribution in [1.82, 2.24) is 20.2 Å². The molecule has 1 aromatic carbocycles. The molecule has 1 aromatic heterocycles. The molecular formula is C13H15FN4O. The molecule has 1 fully saturated rings. The zero-order valence-corrected chi connectivity index (χ0v) is 10.6. The second-order valence-corrected chi connectivity index (χ2v) is 4.95. The number of carbonyl (C=O) groups excluding carboxylic acids is 1. The minimum absolute atomic E-state index is 0.112. The van der Waals surface area contributed by atoms with E-state index in [1.807, 2.05) is 7.05 Å². The van der Waals surface area contributed by atoms with Crippen LogP contribution in [-0.4, -0.2) is 47.0 Å². The van der Waals surface area contributed by atoms with Gasteiger partial charge in [0.05, 0.1) is 0 Å². The second-order valence-electron chi connectivity index (χ2n) is 4.95. The first-order valence-electron chi connectivity index (χ1n) is 6.28. The highest BCUT2D eigenvalue weighted by molar-refractivity contribution is 6.04. The summed E-state index contributed by atoms with van der Waals surface area (Å²) in [4.78, 5) is 14.6. The topological polar surface area (TPSA) is 50.2 Å². The summed E-state index contributed by atoms with van der Waals surface area (Å²) in [5.41, 5.74) is 0.462. The maximum Gasteiger partial charge on any atom is 0.272 e. The van der Waals surface area contributed by atoms with Gasteiger partial charge in [0.2, 0.25) is 0 Å². The zero-order valence-electron chi connectivity index (χ0n) is 10.6. The van der Waals surface area contributed by atoms with Gasteiger partial charge in [-0.1, -0.05) is 27.6 Å². The summed E-state index contributed by atoms with van der Waals surface area (Å²) in [6.07, 6.45) is 0.913. The molecule has 100 valence electrons. The molecule has 2 aromatic rings. The number of nitrogens with zero attached hydrogens (tertiary/aromatic N) is 3. The fourth-order valence-electron chi connectivity index (χ4n) is 2.50. The predicted molar refractivity (Wildman–Crippen MR) is 69.6 cm³/mol. The smallest absolute Gasteiger partial charge is 0.272 e. The SMILES string of the molecule is CN1CC[C@H](NC(=O)c2nn(F)c3ccccc23)C1. The zero-order chi connectivity index (χ0) is 13.4. The molecule has 1 N–H and O–H groups in total. The number of likely N-dealkylation sites (tertiary alicyclic amines) is 1. The fraction of sp³-hybridized carbons (Fsp3) is 0.385. The normalized spacial score (nSPS) is 20.0. The predicted octanol–water partition coefficient (Wildman–Crippen LogP) is 1.20. The number of amides is 1. The van der Waals surface area contributed by atoms with Gasteiger partial charge in [0.1, 0.15) is 5.52 Å². The van der Waals surface area contributed by atoms with Crippen LogP contribution in [-0.2, 0) is 0 Å². The van der Waals surface area contributed by atoms with Crippen LogP contribution < -0.4 is 5.32 Å². The number of likely N-dealkylation sites (N-methyl/N-ethyl adjacent to an activating group) is 1. The molecule has 19 heavy (non-hydrogen) atoms. The number of benzene rings is 1. The Morgan fingerprint density at radius 3 is 3.00 bits per heavy atom. The van der Waals surface area contributed by atoms with Crippen LogP contribution in [0.15, 0.2) is 24.3 Å². The molecule has 0 spiro atoms. The third kappa shape index (κ3) is 2.19. The van der Waals surface area contributed by atoms with Crippen LogP contribution in [0.2, 0.25) is 0 Å². The van der Waals surface area contributed by atoms with Gasteiger partial charge in [-0.05, 0) is 26.1 Å². The van der Waals surface area contributed by atoms with E-state index in [0.29, 0.717) is 10.9 Å². The number of hydrogen-bond acceptors (Lipinski definition) is 3. The Kier molecular flexibility index (Phi) is 2.94. The van der Waals surface area contributed by atoms with Crippen LogP contribution in [0.25, 0.3) is 10.9 Å². The van der Waals surface area contributed by atoms with E-state index in [2.05, 4.69) is 15.3 Å². The first-order valence-corrected chi connectivity index (χ1v) is 6.28. The summed E-state index contributed by atoms with van der Waals surface area (Å²) in [5, 5.41) is 7.12. The highest BCUT2D eigenvalue weighted by Crippen LogP contribution is 2.18. The maximum absolute atomic E-state index is 13.6. The van der Waals surface area contributed by atoms with Gasteiger partial charge in [0, 0.05) is 18.0 Å². The number of nitrogens with one attached hydrogen (secondary N) is 1. The molecule has 1 aliphatic heterocycles. The molecule has 1 amide bonds. The van der Waals surface area contributed by atoms with Crippen LogP contribution in [0, 0.1) is 0 Å². The van der Waals surface area contributed by atoms with Gasteiger partial charge in [0.25, 0.3) is 5.91 Å². The molecular weight excluding hydrogens is 247 g/mol. The lowest BCUT2D eigenvalue weighted by Gasteiger charge is -2.11. The average molecular weight is 262 g/mol. The summed E-state index contributed by atoms with van der Waals surface area (Å²) in [7, 11) is 2.01. The summed E-state index contributed by atoms with van der Waals surface area (Å²) in [5.74, 6) is -0.312. The van der Waals surface area contributed by atoms with Crippen LogP contribution in [0.5, 0.6) is 0 Å². The van der Waals surface area contributed by atoms with Crippen molar-refractivity contribution in [2.75, 3.05) is 20.1 Å². The van der Waals surface area contributed by atoms with Gasteiger partial charge >= 0.3 is 0 Å². The molecule has 0 radical (unpaired) electrons. The number of para-hydroxylation sites is 1. The molecule has 1 atom stereocenters. The maximum atomic E-state index is 13.6.